The van der Waals surface area contributed by atoms with Crippen molar-refractivity contribution in [3.05, 3.63) is 44.6 Å². The van der Waals surface area contributed by atoms with Gasteiger partial charge in [0.2, 0.25) is 11.8 Å². The van der Waals surface area contributed by atoms with E-state index in [0.29, 0.717) is 23.6 Å². The second-order valence-electron chi connectivity index (χ2n) is 4.73. The van der Waals surface area contributed by atoms with Gasteiger partial charge in [0.25, 0.3) is 0 Å². The quantitative estimate of drug-likeness (QED) is 0.809. The first kappa shape index (κ1) is 13.9. The fourth-order valence-corrected chi connectivity index (χ4v) is 3.21. The first-order valence-electron chi connectivity index (χ1n) is 6.26. The van der Waals surface area contributed by atoms with E-state index in [2.05, 4.69) is 10.6 Å². The second kappa shape index (κ2) is 5.38. The molecule has 4 N–H and O–H groups in total. The molecule has 0 saturated heterocycles. The van der Waals surface area contributed by atoms with Crippen LogP contribution in [0.1, 0.15) is 20.8 Å². The topological polar surface area (TPSA) is 84.2 Å². The van der Waals surface area contributed by atoms with Gasteiger partial charge in [-0.1, -0.05) is 11.6 Å². The summed E-state index contributed by atoms with van der Waals surface area (Å²) in [6, 6.07) is 5.37. The number of carbonyl (C=O) groups is 2. The summed E-state index contributed by atoms with van der Waals surface area (Å²) in [4.78, 5) is 23.4. The van der Waals surface area contributed by atoms with Gasteiger partial charge in [0.05, 0.1) is 22.7 Å². The molecule has 2 amide bonds. The van der Waals surface area contributed by atoms with Crippen LogP contribution in [0.2, 0.25) is 5.02 Å². The van der Waals surface area contributed by atoms with E-state index >= 15 is 0 Å². The van der Waals surface area contributed by atoms with Crippen molar-refractivity contribution in [2.75, 3.05) is 10.6 Å². The van der Waals surface area contributed by atoms with Crippen LogP contribution >= 0.6 is 22.9 Å². The van der Waals surface area contributed by atoms with Crippen LogP contribution < -0.4 is 16.4 Å². The molecule has 0 radical (unpaired) electrons. The molecule has 108 valence electrons. The van der Waals surface area contributed by atoms with Crippen molar-refractivity contribution in [1.82, 2.24) is 0 Å². The summed E-state index contributed by atoms with van der Waals surface area (Å²) in [7, 11) is 0. The smallest absolute Gasteiger partial charge is 0.249 e. The number of rotatable bonds is 4. The van der Waals surface area contributed by atoms with Gasteiger partial charge in [-0.3, -0.25) is 9.59 Å². The maximum absolute atomic E-state index is 11.4. The van der Waals surface area contributed by atoms with Crippen molar-refractivity contribution in [2.45, 2.75) is 13.0 Å². The third-order valence-electron chi connectivity index (χ3n) is 3.21. The molecule has 2 aromatic rings. The summed E-state index contributed by atoms with van der Waals surface area (Å²) in [5.74, 6) is -0.458. The number of halogens is 1. The molecule has 2 heterocycles. The molecule has 0 atom stereocenters. The predicted molar refractivity (Wildman–Crippen MR) is 83.9 cm³/mol. The Morgan fingerprint density at radius 1 is 1.43 bits per heavy atom. The summed E-state index contributed by atoms with van der Waals surface area (Å²) < 4.78 is 0. The molecule has 0 fully saturated rings. The number of primary amides is 1. The van der Waals surface area contributed by atoms with Crippen LogP contribution in [-0.4, -0.2) is 11.8 Å². The molecule has 21 heavy (non-hydrogen) atoms. The molecule has 1 aromatic carbocycles. The van der Waals surface area contributed by atoms with E-state index in [1.165, 1.54) is 11.3 Å². The molecule has 7 heteroatoms. The van der Waals surface area contributed by atoms with Crippen LogP contribution in [0.15, 0.2) is 23.6 Å². The van der Waals surface area contributed by atoms with Crippen molar-refractivity contribution in [3.63, 3.8) is 0 Å². The van der Waals surface area contributed by atoms with E-state index in [9.17, 15) is 9.59 Å². The van der Waals surface area contributed by atoms with E-state index in [-0.39, 0.29) is 5.91 Å². The molecule has 0 unspecified atom stereocenters. The highest BCUT2D eigenvalue weighted by molar-refractivity contribution is 7.10. The number of carbonyl (C=O) groups excluding carboxylic acids is 2. The molecule has 1 aromatic heterocycles. The molecule has 0 saturated carbocycles. The van der Waals surface area contributed by atoms with Crippen molar-refractivity contribution in [3.8, 4) is 0 Å². The normalized spacial score (nSPS) is 12.9. The molecule has 1 aliphatic heterocycles. The maximum atomic E-state index is 11.4. The zero-order valence-electron chi connectivity index (χ0n) is 10.9. The molecule has 0 aliphatic carbocycles. The van der Waals surface area contributed by atoms with E-state index in [4.69, 9.17) is 17.3 Å². The Bertz CT molecular complexity index is 742. The fourth-order valence-electron chi connectivity index (χ4n) is 2.17. The zero-order chi connectivity index (χ0) is 15.0. The van der Waals surface area contributed by atoms with E-state index in [1.54, 1.807) is 17.5 Å². The standard InChI is InChI=1S/C14H12ClN3O2S/c15-10-4-11-7(3-13(19)18-11)2-12(10)17-5-9-1-8(6-21-9)14(16)20/h1-2,4,6,17H,3,5H2,(H2,16,20)(H,18,19). The number of nitrogens with one attached hydrogen (secondary N) is 2. The van der Waals surface area contributed by atoms with Crippen LogP contribution in [-0.2, 0) is 17.8 Å². The van der Waals surface area contributed by atoms with Crippen molar-refractivity contribution >= 4 is 46.1 Å². The summed E-state index contributed by atoms with van der Waals surface area (Å²) in [5.41, 5.74) is 8.18. The molecule has 3 rings (SSSR count). The number of fused-ring (bicyclic) bond motifs is 1. The summed E-state index contributed by atoms with van der Waals surface area (Å²) in [5, 5.41) is 8.24. The minimum atomic E-state index is -0.433. The minimum Gasteiger partial charge on any atom is -0.379 e. The maximum Gasteiger partial charge on any atom is 0.249 e. The van der Waals surface area contributed by atoms with Gasteiger partial charge in [-0.2, -0.15) is 0 Å². The number of hydrogen-bond acceptors (Lipinski definition) is 4. The SMILES string of the molecule is NC(=O)c1csc(CNc2cc3c(cc2Cl)NC(=O)C3)c1. The highest BCUT2D eigenvalue weighted by atomic mass is 35.5. The van der Waals surface area contributed by atoms with Gasteiger partial charge in [0, 0.05) is 22.5 Å². The highest BCUT2D eigenvalue weighted by Gasteiger charge is 2.19. The first-order chi connectivity index (χ1) is 10.0. The molecule has 5 nitrogen and oxygen atoms in total. The van der Waals surface area contributed by atoms with Crippen LogP contribution in [0.25, 0.3) is 0 Å². The van der Waals surface area contributed by atoms with Crippen LogP contribution in [0.3, 0.4) is 0 Å². The lowest BCUT2D eigenvalue weighted by Gasteiger charge is -2.09. The number of thiophene rings is 1. The Kier molecular flexibility index (Phi) is 3.57. The van der Waals surface area contributed by atoms with E-state index in [1.807, 2.05) is 6.07 Å². The van der Waals surface area contributed by atoms with Gasteiger partial charge >= 0.3 is 0 Å². The zero-order valence-corrected chi connectivity index (χ0v) is 12.5. The van der Waals surface area contributed by atoms with Crippen LogP contribution in [0.4, 0.5) is 11.4 Å². The third kappa shape index (κ3) is 2.86. The predicted octanol–water partition coefficient (Wildman–Crippen LogP) is 2.61. The number of nitrogens with two attached hydrogens (primary N) is 1. The molecule has 0 spiro atoms. The van der Waals surface area contributed by atoms with Crippen LogP contribution in [0.5, 0.6) is 0 Å². The average molecular weight is 322 g/mol. The van der Waals surface area contributed by atoms with Gasteiger partial charge < -0.3 is 16.4 Å². The lowest BCUT2D eigenvalue weighted by molar-refractivity contribution is -0.115. The van der Waals surface area contributed by atoms with E-state index in [0.717, 1.165) is 21.8 Å². The molecular formula is C14H12ClN3O2S. The van der Waals surface area contributed by atoms with Crippen LogP contribution in [0, 0.1) is 0 Å². The van der Waals surface area contributed by atoms with Gasteiger partial charge in [-0.25, -0.2) is 0 Å². The summed E-state index contributed by atoms with van der Waals surface area (Å²) in [6.45, 7) is 0.540. The Morgan fingerprint density at radius 2 is 2.24 bits per heavy atom. The monoisotopic (exact) mass is 321 g/mol. The largest absolute Gasteiger partial charge is 0.379 e. The van der Waals surface area contributed by atoms with Gasteiger partial charge in [-0.05, 0) is 23.8 Å². The van der Waals surface area contributed by atoms with Gasteiger partial charge in [0.1, 0.15) is 0 Å². The summed E-state index contributed by atoms with van der Waals surface area (Å²) in [6.07, 6.45) is 0.367. The highest BCUT2D eigenvalue weighted by Crippen LogP contribution is 2.33. The van der Waals surface area contributed by atoms with Crippen molar-refractivity contribution < 1.29 is 9.59 Å². The number of benzene rings is 1. The van der Waals surface area contributed by atoms with E-state index < -0.39 is 5.91 Å². The summed E-state index contributed by atoms with van der Waals surface area (Å²) >= 11 is 7.65. The number of anilines is 2. The van der Waals surface area contributed by atoms with Crippen molar-refractivity contribution in [2.24, 2.45) is 5.73 Å². The Morgan fingerprint density at radius 3 is 2.95 bits per heavy atom. The lowest BCUT2D eigenvalue weighted by Crippen LogP contribution is -2.09. The van der Waals surface area contributed by atoms with Gasteiger partial charge in [-0.15, -0.1) is 11.3 Å². The molecular weight excluding hydrogens is 310 g/mol. The Balaban J connectivity index is 1.74. The average Bonchev–Trinajstić information content (AvgIpc) is 3.01. The van der Waals surface area contributed by atoms with Crippen molar-refractivity contribution in [1.29, 1.82) is 0 Å². The molecule has 0 bridgehead atoms. The third-order valence-corrected chi connectivity index (χ3v) is 4.46. The van der Waals surface area contributed by atoms with Gasteiger partial charge in [0.15, 0.2) is 0 Å². The number of hydrogen-bond donors (Lipinski definition) is 3. The minimum absolute atomic E-state index is 0.0254. The molecule has 1 aliphatic rings. The number of amides is 2. The Labute approximate surface area is 130 Å². The fraction of sp³-hybridized carbons (Fsp3) is 0.143. The lowest BCUT2D eigenvalue weighted by atomic mass is 10.1. The Hall–Kier alpha value is -2.05. The second-order valence-corrected chi connectivity index (χ2v) is 6.14. The first-order valence-corrected chi connectivity index (χ1v) is 7.52.